The number of nitrogens with zero attached hydrogens (tertiary/aromatic N) is 2. The van der Waals surface area contributed by atoms with Gasteiger partial charge in [-0.1, -0.05) is 13.8 Å². The van der Waals surface area contributed by atoms with E-state index in [1.54, 1.807) is 0 Å². The predicted molar refractivity (Wildman–Crippen MR) is 61.6 cm³/mol. The molecule has 1 fully saturated rings. The standard InChI is InChI=1S/C12H21N3/c1-3-9(2)12-6-14-8-15(12)7-11(13)10-4-5-10/h6,8-11H,3-5,7,13H2,1-2H3. The summed E-state index contributed by atoms with van der Waals surface area (Å²) in [5, 5.41) is 0. The van der Waals surface area contributed by atoms with Crippen LogP contribution in [0.4, 0.5) is 0 Å². The molecule has 3 heteroatoms. The van der Waals surface area contributed by atoms with Gasteiger partial charge in [-0.3, -0.25) is 0 Å². The molecule has 1 heterocycles. The highest BCUT2D eigenvalue weighted by Crippen LogP contribution is 2.32. The van der Waals surface area contributed by atoms with Crippen LogP contribution in [-0.2, 0) is 6.54 Å². The SMILES string of the molecule is CCC(C)c1cncn1CC(N)C1CC1. The zero-order chi connectivity index (χ0) is 10.8. The molecule has 0 radical (unpaired) electrons. The molecule has 2 rings (SSSR count). The Labute approximate surface area is 91.7 Å². The summed E-state index contributed by atoms with van der Waals surface area (Å²) in [6.07, 6.45) is 7.69. The average Bonchev–Trinajstić information content (AvgIpc) is 2.99. The lowest BCUT2D eigenvalue weighted by molar-refractivity contribution is 0.482. The summed E-state index contributed by atoms with van der Waals surface area (Å²) in [4.78, 5) is 4.23. The third kappa shape index (κ3) is 2.40. The second kappa shape index (κ2) is 4.35. The molecule has 0 amide bonds. The zero-order valence-electron chi connectivity index (χ0n) is 9.69. The molecule has 2 unspecified atom stereocenters. The van der Waals surface area contributed by atoms with E-state index in [1.807, 2.05) is 12.5 Å². The van der Waals surface area contributed by atoms with Crippen LogP contribution in [0.15, 0.2) is 12.5 Å². The first kappa shape index (κ1) is 10.7. The van der Waals surface area contributed by atoms with Gasteiger partial charge in [-0.25, -0.2) is 4.98 Å². The summed E-state index contributed by atoms with van der Waals surface area (Å²) in [5.41, 5.74) is 7.46. The van der Waals surface area contributed by atoms with E-state index in [-0.39, 0.29) is 0 Å². The van der Waals surface area contributed by atoms with Crippen LogP contribution in [0, 0.1) is 5.92 Å². The third-order valence-corrected chi connectivity index (χ3v) is 3.50. The van der Waals surface area contributed by atoms with Crippen molar-refractivity contribution in [2.45, 2.75) is 51.6 Å². The van der Waals surface area contributed by atoms with E-state index in [0.717, 1.165) is 18.9 Å². The number of imidazole rings is 1. The maximum absolute atomic E-state index is 6.13. The molecule has 84 valence electrons. The van der Waals surface area contributed by atoms with Crippen molar-refractivity contribution in [3.8, 4) is 0 Å². The van der Waals surface area contributed by atoms with Gasteiger partial charge in [0.2, 0.25) is 0 Å². The van der Waals surface area contributed by atoms with Crippen LogP contribution in [0.2, 0.25) is 0 Å². The van der Waals surface area contributed by atoms with Crippen molar-refractivity contribution in [1.29, 1.82) is 0 Å². The highest BCUT2D eigenvalue weighted by atomic mass is 15.1. The minimum Gasteiger partial charge on any atom is -0.333 e. The second-order valence-electron chi connectivity index (χ2n) is 4.78. The minimum absolute atomic E-state index is 0.321. The number of hydrogen-bond acceptors (Lipinski definition) is 2. The maximum atomic E-state index is 6.13. The van der Waals surface area contributed by atoms with Crippen molar-refractivity contribution in [1.82, 2.24) is 9.55 Å². The van der Waals surface area contributed by atoms with Gasteiger partial charge in [0.05, 0.1) is 6.33 Å². The fourth-order valence-corrected chi connectivity index (χ4v) is 2.00. The molecule has 2 N–H and O–H groups in total. The van der Waals surface area contributed by atoms with Crippen LogP contribution in [0.25, 0.3) is 0 Å². The molecule has 3 nitrogen and oxygen atoms in total. The lowest BCUT2D eigenvalue weighted by Crippen LogP contribution is -2.28. The van der Waals surface area contributed by atoms with Gasteiger partial charge in [-0.05, 0) is 31.1 Å². The Morgan fingerprint density at radius 1 is 1.60 bits per heavy atom. The molecule has 1 saturated carbocycles. The molecule has 0 bridgehead atoms. The van der Waals surface area contributed by atoms with Gasteiger partial charge in [-0.15, -0.1) is 0 Å². The monoisotopic (exact) mass is 207 g/mol. The summed E-state index contributed by atoms with van der Waals surface area (Å²) in [6, 6.07) is 0.321. The third-order valence-electron chi connectivity index (χ3n) is 3.50. The van der Waals surface area contributed by atoms with Gasteiger partial charge < -0.3 is 10.3 Å². The van der Waals surface area contributed by atoms with E-state index < -0.39 is 0 Å². The molecule has 1 aliphatic carbocycles. The molecule has 0 aromatic carbocycles. The Hall–Kier alpha value is -0.830. The maximum Gasteiger partial charge on any atom is 0.0948 e. The smallest absolute Gasteiger partial charge is 0.0948 e. The van der Waals surface area contributed by atoms with Crippen LogP contribution in [0.1, 0.15) is 44.7 Å². The number of rotatable bonds is 5. The molecule has 0 saturated heterocycles. The van der Waals surface area contributed by atoms with Gasteiger partial charge in [0.1, 0.15) is 0 Å². The topological polar surface area (TPSA) is 43.8 Å². The molecule has 2 atom stereocenters. The molecular formula is C12H21N3. The first-order valence-electron chi connectivity index (χ1n) is 5.98. The Morgan fingerprint density at radius 2 is 2.33 bits per heavy atom. The van der Waals surface area contributed by atoms with Crippen molar-refractivity contribution in [3.63, 3.8) is 0 Å². The molecule has 15 heavy (non-hydrogen) atoms. The molecule has 1 aromatic heterocycles. The van der Waals surface area contributed by atoms with Gasteiger partial charge in [-0.2, -0.15) is 0 Å². The van der Waals surface area contributed by atoms with Crippen molar-refractivity contribution >= 4 is 0 Å². The van der Waals surface area contributed by atoms with Crippen LogP contribution < -0.4 is 5.73 Å². The minimum atomic E-state index is 0.321. The summed E-state index contributed by atoms with van der Waals surface area (Å²) in [7, 11) is 0. The van der Waals surface area contributed by atoms with Gasteiger partial charge in [0.25, 0.3) is 0 Å². The number of aromatic nitrogens is 2. The highest BCUT2D eigenvalue weighted by Gasteiger charge is 2.29. The molecule has 0 spiro atoms. The van der Waals surface area contributed by atoms with Crippen LogP contribution in [0.3, 0.4) is 0 Å². The summed E-state index contributed by atoms with van der Waals surface area (Å²) < 4.78 is 2.23. The van der Waals surface area contributed by atoms with Crippen molar-refractivity contribution in [2.24, 2.45) is 11.7 Å². The van der Waals surface area contributed by atoms with Crippen molar-refractivity contribution in [2.75, 3.05) is 0 Å². The molecule has 1 aromatic rings. The van der Waals surface area contributed by atoms with E-state index >= 15 is 0 Å². The van der Waals surface area contributed by atoms with Gasteiger partial charge in [0, 0.05) is 24.5 Å². The highest BCUT2D eigenvalue weighted by molar-refractivity contribution is 5.05. The Balaban J connectivity index is 2.03. The lowest BCUT2D eigenvalue weighted by atomic mass is 10.1. The van der Waals surface area contributed by atoms with Crippen LogP contribution >= 0.6 is 0 Å². The molecular weight excluding hydrogens is 186 g/mol. The quantitative estimate of drug-likeness (QED) is 0.804. The summed E-state index contributed by atoms with van der Waals surface area (Å²) in [6.45, 7) is 5.39. The second-order valence-corrected chi connectivity index (χ2v) is 4.78. The normalized spacial score (nSPS) is 20.2. The van der Waals surface area contributed by atoms with E-state index in [1.165, 1.54) is 18.5 Å². The fraction of sp³-hybridized carbons (Fsp3) is 0.750. The zero-order valence-corrected chi connectivity index (χ0v) is 9.69. The molecule has 0 aliphatic heterocycles. The number of hydrogen-bond donors (Lipinski definition) is 1. The average molecular weight is 207 g/mol. The van der Waals surface area contributed by atoms with Crippen LogP contribution in [-0.4, -0.2) is 15.6 Å². The first-order valence-corrected chi connectivity index (χ1v) is 5.98. The van der Waals surface area contributed by atoms with Crippen LogP contribution in [0.5, 0.6) is 0 Å². The lowest BCUT2D eigenvalue weighted by Gasteiger charge is -2.16. The van der Waals surface area contributed by atoms with Crippen molar-refractivity contribution in [3.05, 3.63) is 18.2 Å². The van der Waals surface area contributed by atoms with E-state index in [0.29, 0.717) is 12.0 Å². The largest absolute Gasteiger partial charge is 0.333 e. The van der Waals surface area contributed by atoms with Gasteiger partial charge >= 0.3 is 0 Å². The first-order chi connectivity index (χ1) is 7.22. The predicted octanol–water partition coefficient (Wildman–Crippen LogP) is 2.13. The molecule has 1 aliphatic rings. The van der Waals surface area contributed by atoms with Crippen molar-refractivity contribution < 1.29 is 0 Å². The Morgan fingerprint density at radius 3 is 2.93 bits per heavy atom. The fourth-order valence-electron chi connectivity index (χ4n) is 2.00. The summed E-state index contributed by atoms with van der Waals surface area (Å²) in [5.74, 6) is 1.34. The summed E-state index contributed by atoms with van der Waals surface area (Å²) >= 11 is 0. The number of nitrogens with two attached hydrogens (primary N) is 1. The van der Waals surface area contributed by atoms with Gasteiger partial charge in [0.15, 0.2) is 0 Å². The Bertz CT molecular complexity index is 314. The van der Waals surface area contributed by atoms with E-state index in [4.69, 9.17) is 5.73 Å². The van der Waals surface area contributed by atoms with E-state index in [2.05, 4.69) is 23.4 Å². The van der Waals surface area contributed by atoms with E-state index in [9.17, 15) is 0 Å². The Kier molecular flexibility index (Phi) is 3.10.